The van der Waals surface area contributed by atoms with Gasteiger partial charge < -0.3 is 14.3 Å². The van der Waals surface area contributed by atoms with Crippen molar-refractivity contribution >= 4 is 16.9 Å². The van der Waals surface area contributed by atoms with E-state index in [1.165, 1.54) is 18.5 Å². The maximum absolute atomic E-state index is 13.3. The third-order valence-corrected chi connectivity index (χ3v) is 3.52. The second-order valence-corrected chi connectivity index (χ2v) is 5.41. The van der Waals surface area contributed by atoms with E-state index in [0.29, 0.717) is 5.39 Å². The van der Waals surface area contributed by atoms with Crippen molar-refractivity contribution in [2.75, 3.05) is 0 Å². The van der Waals surface area contributed by atoms with Gasteiger partial charge in [0.2, 0.25) is 0 Å². The van der Waals surface area contributed by atoms with Gasteiger partial charge in [0.15, 0.2) is 5.76 Å². The van der Waals surface area contributed by atoms with Crippen molar-refractivity contribution in [1.82, 2.24) is 14.9 Å². The Balaban J connectivity index is 1.87. The average molecular weight is 337 g/mol. The molecule has 3 heterocycles. The summed E-state index contributed by atoms with van der Waals surface area (Å²) in [6.45, 7) is 1.55. The lowest BCUT2D eigenvalue weighted by atomic mass is 10.3. The van der Waals surface area contributed by atoms with Crippen LogP contribution in [0, 0.1) is 0 Å². The molecule has 24 heavy (non-hydrogen) atoms. The molecular weight excluding hydrogens is 323 g/mol. The van der Waals surface area contributed by atoms with Crippen LogP contribution < -0.4 is 5.32 Å². The van der Waals surface area contributed by atoms with E-state index in [-0.39, 0.29) is 18.0 Å². The van der Waals surface area contributed by atoms with Crippen molar-refractivity contribution in [3.8, 4) is 0 Å². The number of carbonyl (C=O) groups is 1. The number of pyridine rings is 1. The molecule has 126 valence electrons. The molecule has 0 saturated heterocycles. The third kappa shape index (κ3) is 3.12. The molecule has 3 aromatic heterocycles. The van der Waals surface area contributed by atoms with Gasteiger partial charge in [-0.2, -0.15) is 13.2 Å². The number of nitrogens with zero attached hydrogens (tertiary/aromatic N) is 2. The number of amides is 1. The van der Waals surface area contributed by atoms with Gasteiger partial charge in [-0.05, 0) is 37.3 Å². The minimum atomic E-state index is -4.51. The smallest absolute Gasteiger partial charge is 0.431 e. The summed E-state index contributed by atoms with van der Waals surface area (Å²) in [5.41, 5.74) is -0.570. The third-order valence-electron chi connectivity index (χ3n) is 3.52. The molecule has 0 aliphatic carbocycles. The Kier molecular flexibility index (Phi) is 4.04. The molecule has 3 aromatic rings. The molecule has 8 heteroatoms. The van der Waals surface area contributed by atoms with Crippen LogP contribution in [0.5, 0.6) is 0 Å². The van der Waals surface area contributed by atoms with Crippen LogP contribution >= 0.6 is 0 Å². The first-order valence-electron chi connectivity index (χ1n) is 7.22. The van der Waals surface area contributed by atoms with E-state index >= 15 is 0 Å². The lowest BCUT2D eigenvalue weighted by molar-refractivity contribution is -0.143. The van der Waals surface area contributed by atoms with Gasteiger partial charge in [0, 0.05) is 24.2 Å². The number of carbonyl (C=O) groups excluding carboxylic acids is 1. The molecule has 0 saturated carbocycles. The number of furan rings is 1. The Morgan fingerprint density at radius 3 is 2.83 bits per heavy atom. The molecule has 1 atom stereocenters. The van der Waals surface area contributed by atoms with E-state index in [9.17, 15) is 18.0 Å². The molecule has 0 fully saturated rings. The van der Waals surface area contributed by atoms with Crippen molar-refractivity contribution in [2.45, 2.75) is 25.7 Å². The molecule has 1 N–H and O–H groups in total. The summed E-state index contributed by atoms with van der Waals surface area (Å²) in [5, 5.41) is 3.01. The number of hydrogen-bond donors (Lipinski definition) is 1. The topological polar surface area (TPSA) is 60.1 Å². The Hall–Kier alpha value is -2.77. The molecule has 0 radical (unpaired) electrons. The van der Waals surface area contributed by atoms with E-state index in [0.717, 1.165) is 10.6 Å². The van der Waals surface area contributed by atoms with Crippen LogP contribution in [0.25, 0.3) is 11.0 Å². The van der Waals surface area contributed by atoms with Crippen LogP contribution in [0.15, 0.2) is 47.2 Å². The van der Waals surface area contributed by atoms with Gasteiger partial charge in [-0.1, -0.05) is 0 Å². The average Bonchev–Trinajstić information content (AvgIpc) is 3.15. The number of hydrogen-bond acceptors (Lipinski definition) is 3. The molecule has 0 unspecified atom stereocenters. The van der Waals surface area contributed by atoms with Crippen LogP contribution in [0.3, 0.4) is 0 Å². The van der Waals surface area contributed by atoms with Crippen molar-refractivity contribution in [1.29, 1.82) is 0 Å². The first kappa shape index (κ1) is 16.1. The molecule has 0 aliphatic rings. The number of alkyl halides is 3. The maximum Gasteiger partial charge on any atom is 0.431 e. The molecule has 0 aromatic carbocycles. The van der Waals surface area contributed by atoms with Crippen LogP contribution in [0.4, 0.5) is 13.2 Å². The Labute approximate surface area is 135 Å². The van der Waals surface area contributed by atoms with E-state index in [1.54, 1.807) is 25.1 Å². The fourth-order valence-corrected chi connectivity index (χ4v) is 2.53. The summed E-state index contributed by atoms with van der Waals surface area (Å²) in [6, 6.07) is 6.69. The van der Waals surface area contributed by atoms with Gasteiger partial charge >= 0.3 is 6.18 Å². The normalized spacial score (nSPS) is 13.2. The van der Waals surface area contributed by atoms with Gasteiger partial charge in [-0.25, -0.2) is 4.98 Å². The first-order valence-corrected chi connectivity index (χ1v) is 7.22. The molecule has 0 aliphatic heterocycles. The number of aromatic nitrogens is 2. The lowest BCUT2D eigenvalue weighted by Crippen LogP contribution is -2.36. The van der Waals surface area contributed by atoms with Gasteiger partial charge in [0.1, 0.15) is 11.3 Å². The van der Waals surface area contributed by atoms with E-state index in [1.807, 2.05) is 0 Å². The summed E-state index contributed by atoms with van der Waals surface area (Å²) in [5.74, 6) is -0.376. The SMILES string of the molecule is C[C@@H](Cn1c(C(F)(F)F)cc2cccnc21)NC(=O)c1ccco1. The highest BCUT2D eigenvalue weighted by atomic mass is 19.4. The van der Waals surface area contributed by atoms with Gasteiger partial charge in [-0.3, -0.25) is 4.79 Å². The zero-order chi connectivity index (χ0) is 17.3. The van der Waals surface area contributed by atoms with E-state index in [4.69, 9.17) is 4.42 Å². The van der Waals surface area contributed by atoms with Crippen molar-refractivity contribution < 1.29 is 22.4 Å². The quantitative estimate of drug-likeness (QED) is 0.793. The number of fused-ring (bicyclic) bond motifs is 1. The molecule has 0 spiro atoms. The second-order valence-electron chi connectivity index (χ2n) is 5.41. The van der Waals surface area contributed by atoms with Crippen molar-refractivity contribution in [3.63, 3.8) is 0 Å². The van der Waals surface area contributed by atoms with Crippen LogP contribution in [0.1, 0.15) is 23.2 Å². The van der Waals surface area contributed by atoms with Crippen molar-refractivity contribution in [3.05, 3.63) is 54.2 Å². The lowest BCUT2D eigenvalue weighted by Gasteiger charge is -2.18. The summed E-state index contributed by atoms with van der Waals surface area (Å²) in [4.78, 5) is 16.0. The van der Waals surface area contributed by atoms with E-state index in [2.05, 4.69) is 10.3 Å². The number of rotatable bonds is 4. The minimum Gasteiger partial charge on any atom is -0.459 e. The highest BCUT2D eigenvalue weighted by molar-refractivity contribution is 5.91. The largest absolute Gasteiger partial charge is 0.459 e. The standard InChI is InChI=1S/C16H14F3N3O2/c1-10(21-15(23)12-5-3-7-24-12)9-22-13(16(17,18)19)8-11-4-2-6-20-14(11)22/h2-8,10H,9H2,1H3,(H,21,23)/t10-/m0/s1. The molecule has 3 rings (SSSR count). The first-order chi connectivity index (χ1) is 11.4. The van der Waals surface area contributed by atoms with Crippen LogP contribution in [-0.4, -0.2) is 21.5 Å². The second kappa shape index (κ2) is 6.03. The fourth-order valence-electron chi connectivity index (χ4n) is 2.53. The fraction of sp³-hybridized carbons (Fsp3) is 0.250. The zero-order valence-electron chi connectivity index (χ0n) is 12.7. The van der Waals surface area contributed by atoms with Crippen LogP contribution in [0.2, 0.25) is 0 Å². The molecule has 0 bridgehead atoms. The monoisotopic (exact) mass is 337 g/mol. The minimum absolute atomic E-state index is 0.0677. The predicted octanol–water partition coefficient (Wildman–Crippen LogP) is 3.47. The van der Waals surface area contributed by atoms with Gasteiger partial charge in [-0.15, -0.1) is 0 Å². The summed E-state index contributed by atoms with van der Waals surface area (Å²) >= 11 is 0. The Morgan fingerprint density at radius 1 is 1.38 bits per heavy atom. The number of nitrogens with one attached hydrogen (secondary N) is 1. The summed E-state index contributed by atoms with van der Waals surface area (Å²) in [7, 11) is 0. The highest BCUT2D eigenvalue weighted by Gasteiger charge is 2.36. The highest BCUT2D eigenvalue weighted by Crippen LogP contribution is 2.33. The van der Waals surface area contributed by atoms with Gasteiger partial charge in [0.25, 0.3) is 5.91 Å². The maximum atomic E-state index is 13.3. The summed E-state index contributed by atoms with van der Waals surface area (Å²) in [6.07, 6.45) is -1.72. The molecule has 5 nitrogen and oxygen atoms in total. The zero-order valence-corrected chi connectivity index (χ0v) is 12.7. The van der Waals surface area contributed by atoms with Crippen molar-refractivity contribution in [2.24, 2.45) is 0 Å². The van der Waals surface area contributed by atoms with Crippen LogP contribution in [-0.2, 0) is 12.7 Å². The summed E-state index contributed by atoms with van der Waals surface area (Å²) < 4.78 is 45.9. The Morgan fingerprint density at radius 2 is 2.17 bits per heavy atom. The molecular formula is C16H14F3N3O2. The van der Waals surface area contributed by atoms with Gasteiger partial charge in [0.05, 0.1) is 6.26 Å². The molecule has 1 amide bonds. The predicted molar refractivity (Wildman–Crippen MR) is 80.4 cm³/mol. The van der Waals surface area contributed by atoms with E-state index < -0.39 is 23.8 Å². The number of halogens is 3. The Bertz CT molecular complexity index is 853.